The van der Waals surface area contributed by atoms with Gasteiger partial charge in [0.25, 0.3) is 0 Å². The molecular weight excluding hydrogens is 353 g/mol. The molecule has 3 rings (SSSR count). The molecule has 1 aliphatic heterocycles. The van der Waals surface area contributed by atoms with Crippen LogP contribution in [0.3, 0.4) is 0 Å². The monoisotopic (exact) mass is 383 g/mol. The fraction of sp³-hybridized carbons (Fsp3) is 0.435. The quantitative estimate of drug-likeness (QED) is 0.712. The first-order valence-corrected chi connectivity index (χ1v) is 10.1. The molecule has 1 fully saturated rings. The van der Waals surface area contributed by atoms with Crippen molar-refractivity contribution in [3.8, 4) is 0 Å². The molecule has 0 aliphatic carbocycles. The van der Waals surface area contributed by atoms with E-state index in [0.717, 1.165) is 50.3 Å². The second kappa shape index (κ2) is 10.3. The molecule has 1 heterocycles. The van der Waals surface area contributed by atoms with Crippen molar-refractivity contribution in [1.82, 2.24) is 15.1 Å². The number of benzene rings is 2. The molecule has 5 heteroatoms. The number of nitrogens with zero attached hydrogens (tertiary/aromatic N) is 2. The lowest BCUT2D eigenvalue weighted by atomic mass is 9.88. The van der Waals surface area contributed by atoms with Gasteiger partial charge < -0.3 is 15.1 Å². The smallest absolute Gasteiger partial charge is 0.220 e. The summed E-state index contributed by atoms with van der Waals surface area (Å²) in [6.07, 6.45) is 1.33. The summed E-state index contributed by atoms with van der Waals surface area (Å²) in [6, 6.07) is 16.4. The Labute approximate surface area is 167 Å². The Morgan fingerprint density at radius 1 is 1.00 bits per heavy atom. The first-order valence-electron chi connectivity index (χ1n) is 10.1. The summed E-state index contributed by atoms with van der Waals surface area (Å²) >= 11 is 0. The number of piperazine rings is 1. The van der Waals surface area contributed by atoms with Crippen LogP contribution in [0.4, 0.5) is 4.39 Å². The minimum atomic E-state index is -0.260. The first-order chi connectivity index (χ1) is 13.6. The van der Waals surface area contributed by atoms with Crippen LogP contribution in [0.15, 0.2) is 54.6 Å². The average Bonchev–Trinajstić information content (AvgIpc) is 2.72. The number of hydrogen-bond donors (Lipinski definition) is 1. The highest BCUT2D eigenvalue weighted by Gasteiger charge is 2.18. The molecule has 1 saturated heterocycles. The Morgan fingerprint density at radius 2 is 1.64 bits per heavy atom. The summed E-state index contributed by atoms with van der Waals surface area (Å²) in [4.78, 5) is 17.4. The molecule has 0 spiro atoms. The van der Waals surface area contributed by atoms with Gasteiger partial charge in [-0.15, -0.1) is 0 Å². The molecule has 1 amide bonds. The van der Waals surface area contributed by atoms with Crippen LogP contribution >= 0.6 is 0 Å². The van der Waals surface area contributed by atoms with Gasteiger partial charge in [-0.05, 0) is 43.3 Å². The molecule has 0 unspecified atom stereocenters. The highest BCUT2D eigenvalue weighted by atomic mass is 19.1. The van der Waals surface area contributed by atoms with Crippen LogP contribution < -0.4 is 5.32 Å². The molecule has 1 N–H and O–H groups in total. The number of likely N-dealkylation sites (N-methyl/N-ethyl adjacent to an activating group) is 1. The lowest BCUT2D eigenvalue weighted by Gasteiger charge is -2.32. The van der Waals surface area contributed by atoms with Crippen molar-refractivity contribution in [1.29, 1.82) is 0 Å². The third kappa shape index (κ3) is 6.14. The number of carbonyl (C=O) groups excluding carboxylic acids is 1. The minimum absolute atomic E-state index is 0.0385. The van der Waals surface area contributed by atoms with Gasteiger partial charge in [0, 0.05) is 45.1 Å². The Hall–Kier alpha value is -2.24. The highest BCUT2D eigenvalue weighted by molar-refractivity contribution is 5.77. The molecule has 2 aromatic rings. The van der Waals surface area contributed by atoms with Gasteiger partial charge in [-0.1, -0.05) is 42.5 Å². The SMILES string of the molecule is CN1CCN(CCCNC(=O)C[C@@H](c2ccccc2)c2ccc(F)cc2)CC1. The maximum atomic E-state index is 13.3. The van der Waals surface area contributed by atoms with Crippen molar-refractivity contribution in [2.75, 3.05) is 46.3 Å². The van der Waals surface area contributed by atoms with Crippen molar-refractivity contribution in [3.05, 3.63) is 71.5 Å². The summed E-state index contributed by atoms with van der Waals surface area (Å²) < 4.78 is 13.3. The average molecular weight is 384 g/mol. The number of hydrogen-bond acceptors (Lipinski definition) is 3. The fourth-order valence-corrected chi connectivity index (χ4v) is 3.67. The Morgan fingerprint density at radius 3 is 2.32 bits per heavy atom. The maximum absolute atomic E-state index is 13.3. The molecule has 28 heavy (non-hydrogen) atoms. The van der Waals surface area contributed by atoms with Crippen molar-refractivity contribution in [3.63, 3.8) is 0 Å². The Bertz CT molecular complexity index is 727. The molecule has 0 saturated carbocycles. The predicted molar refractivity (Wildman–Crippen MR) is 111 cm³/mol. The standard InChI is InChI=1S/C23H30FN3O/c1-26-14-16-27(17-15-26)13-5-12-25-23(28)18-22(19-6-3-2-4-7-19)20-8-10-21(24)11-9-20/h2-4,6-11,22H,5,12-18H2,1H3,(H,25,28)/t22-/m0/s1. The van der Waals surface area contributed by atoms with Gasteiger partial charge >= 0.3 is 0 Å². The van der Waals surface area contributed by atoms with Crippen molar-refractivity contribution in [2.45, 2.75) is 18.8 Å². The maximum Gasteiger partial charge on any atom is 0.220 e. The van der Waals surface area contributed by atoms with E-state index in [9.17, 15) is 9.18 Å². The summed E-state index contributed by atoms with van der Waals surface area (Å²) in [6.45, 7) is 6.14. The van der Waals surface area contributed by atoms with Crippen molar-refractivity contribution >= 4 is 5.91 Å². The van der Waals surface area contributed by atoms with E-state index in [1.54, 1.807) is 12.1 Å². The molecule has 0 bridgehead atoms. The number of carbonyl (C=O) groups is 1. The molecular formula is C23H30FN3O. The third-order valence-electron chi connectivity index (χ3n) is 5.43. The van der Waals surface area contributed by atoms with E-state index in [-0.39, 0.29) is 17.6 Å². The van der Waals surface area contributed by atoms with Crippen LogP contribution in [0, 0.1) is 5.82 Å². The molecule has 0 aromatic heterocycles. The number of rotatable bonds is 8. The summed E-state index contributed by atoms with van der Waals surface area (Å²) in [5.41, 5.74) is 2.03. The molecule has 1 atom stereocenters. The van der Waals surface area contributed by atoms with E-state index in [4.69, 9.17) is 0 Å². The second-order valence-corrected chi connectivity index (χ2v) is 7.57. The molecule has 0 radical (unpaired) electrons. The fourth-order valence-electron chi connectivity index (χ4n) is 3.67. The van der Waals surface area contributed by atoms with Gasteiger partial charge in [-0.25, -0.2) is 4.39 Å². The van der Waals surface area contributed by atoms with Crippen LogP contribution in [-0.2, 0) is 4.79 Å². The highest BCUT2D eigenvalue weighted by Crippen LogP contribution is 2.28. The van der Waals surface area contributed by atoms with Gasteiger partial charge in [0.15, 0.2) is 0 Å². The van der Waals surface area contributed by atoms with Gasteiger partial charge in [0.2, 0.25) is 5.91 Å². The van der Waals surface area contributed by atoms with Gasteiger partial charge in [-0.3, -0.25) is 4.79 Å². The molecule has 2 aromatic carbocycles. The third-order valence-corrected chi connectivity index (χ3v) is 5.43. The van der Waals surface area contributed by atoms with Crippen molar-refractivity contribution in [2.24, 2.45) is 0 Å². The van der Waals surface area contributed by atoms with Gasteiger partial charge in [0.05, 0.1) is 0 Å². The van der Waals surface area contributed by atoms with E-state index < -0.39 is 0 Å². The van der Waals surface area contributed by atoms with E-state index >= 15 is 0 Å². The first kappa shape index (κ1) is 20.5. The summed E-state index contributed by atoms with van der Waals surface area (Å²) in [5, 5.41) is 3.06. The summed E-state index contributed by atoms with van der Waals surface area (Å²) in [7, 11) is 2.15. The zero-order valence-electron chi connectivity index (χ0n) is 16.6. The van der Waals surface area contributed by atoms with Crippen LogP contribution in [0.1, 0.15) is 29.9 Å². The van der Waals surface area contributed by atoms with E-state index in [2.05, 4.69) is 22.2 Å². The topological polar surface area (TPSA) is 35.6 Å². The van der Waals surface area contributed by atoms with Crippen LogP contribution in [-0.4, -0.2) is 62.0 Å². The zero-order chi connectivity index (χ0) is 19.8. The van der Waals surface area contributed by atoms with E-state index in [0.29, 0.717) is 13.0 Å². The van der Waals surface area contributed by atoms with Gasteiger partial charge in [-0.2, -0.15) is 0 Å². The minimum Gasteiger partial charge on any atom is -0.356 e. The Balaban J connectivity index is 1.51. The summed E-state index contributed by atoms with van der Waals surface area (Å²) in [5.74, 6) is -0.292. The number of halogens is 1. The number of amides is 1. The predicted octanol–water partition coefficient (Wildman–Crippen LogP) is 3.10. The normalized spacial score (nSPS) is 16.6. The number of nitrogens with one attached hydrogen (secondary N) is 1. The molecule has 150 valence electrons. The Kier molecular flexibility index (Phi) is 7.57. The lowest BCUT2D eigenvalue weighted by Crippen LogP contribution is -2.45. The van der Waals surface area contributed by atoms with Crippen LogP contribution in [0.2, 0.25) is 0 Å². The molecule has 4 nitrogen and oxygen atoms in total. The largest absolute Gasteiger partial charge is 0.356 e. The molecule has 1 aliphatic rings. The zero-order valence-corrected chi connectivity index (χ0v) is 16.6. The van der Waals surface area contributed by atoms with E-state index in [1.807, 2.05) is 30.3 Å². The lowest BCUT2D eigenvalue weighted by molar-refractivity contribution is -0.121. The van der Waals surface area contributed by atoms with Crippen molar-refractivity contribution < 1.29 is 9.18 Å². The van der Waals surface area contributed by atoms with Gasteiger partial charge in [0.1, 0.15) is 5.82 Å². The van der Waals surface area contributed by atoms with Crippen LogP contribution in [0.5, 0.6) is 0 Å². The van der Waals surface area contributed by atoms with E-state index in [1.165, 1.54) is 12.1 Å². The second-order valence-electron chi connectivity index (χ2n) is 7.57. The van der Waals surface area contributed by atoms with Crippen LogP contribution in [0.25, 0.3) is 0 Å².